The van der Waals surface area contributed by atoms with Crippen molar-refractivity contribution >= 4 is 17.4 Å². The first-order valence-corrected chi connectivity index (χ1v) is 6.60. The Bertz CT molecular complexity index is 528. The molecule has 0 amide bonds. The average Bonchev–Trinajstić information content (AvgIpc) is 2.38. The number of benzene rings is 1. The fraction of sp³-hybridized carbons (Fsp3) is 0.267. The summed E-state index contributed by atoms with van der Waals surface area (Å²) in [5, 5.41) is 3.73. The van der Waals surface area contributed by atoms with E-state index in [0.717, 1.165) is 11.6 Å². The maximum absolute atomic E-state index is 5.83. The van der Waals surface area contributed by atoms with E-state index in [1.54, 1.807) is 6.07 Å². The highest BCUT2D eigenvalue weighted by Crippen LogP contribution is 2.13. The molecule has 1 N–H and O–H groups in total. The molecule has 0 bridgehead atoms. The summed E-state index contributed by atoms with van der Waals surface area (Å²) in [7, 11) is 0. The number of anilines is 1. The molecule has 1 aromatic carbocycles. The number of nitrogens with zero attached hydrogens (tertiary/aromatic N) is 1. The highest BCUT2D eigenvalue weighted by atomic mass is 35.5. The van der Waals surface area contributed by atoms with Gasteiger partial charge in [0.05, 0.1) is 6.04 Å². The van der Waals surface area contributed by atoms with Gasteiger partial charge in [0, 0.05) is 0 Å². The zero-order chi connectivity index (χ0) is 13.7. The number of pyridine rings is 1. The highest BCUT2D eigenvalue weighted by Gasteiger charge is 2.04. The summed E-state index contributed by atoms with van der Waals surface area (Å²) in [6.45, 7) is 4.66. The SMILES string of the molecule is Cc1ccc(OCC(C)Nc2cccc(Cl)n2)cc1. The fourth-order valence-corrected chi connectivity index (χ4v) is 1.80. The van der Waals surface area contributed by atoms with Crippen molar-refractivity contribution in [2.75, 3.05) is 11.9 Å². The number of hydrogen-bond donors (Lipinski definition) is 1. The van der Waals surface area contributed by atoms with E-state index in [9.17, 15) is 0 Å². The maximum atomic E-state index is 5.83. The summed E-state index contributed by atoms with van der Waals surface area (Å²) < 4.78 is 5.70. The zero-order valence-corrected chi connectivity index (χ0v) is 11.8. The first-order chi connectivity index (χ1) is 9.13. The second-order valence-electron chi connectivity index (χ2n) is 4.51. The van der Waals surface area contributed by atoms with E-state index in [4.69, 9.17) is 16.3 Å². The summed E-state index contributed by atoms with van der Waals surface area (Å²) in [5.41, 5.74) is 1.22. The Hall–Kier alpha value is -1.74. The van der Waals surface area contributed by atoms with E-state index in [-0.39, 0.29) is 6.04 Å². The second-order valence-corrected chi connectivity index (χ2v) is 4.90. The highest BCUT2D eigenvalue weighted by molar-refractivity contribution is 6.29. The van der Waals surface area contributed by atoms with E-state index < -0.39 is 0 Å². The first-order valence-electron chi connectivity index (χ1n) is 6.22. The molecule has 0 aliphatic rings. The van der Waals surface area contributed by atoms with Crippen LogP contribution in [0.4, 0.5) is 5.82 Å². The van der Waals surface area contributed by atoms with Gasteiger partial charge >= 0.3 is 0 Å². The summed E-state index contributed by atoms with van der Waals surface area (Å²) in [6.07, 6.45) is 0. The van der Waals surface area contributed by atoms with Crippen LogP contribution in [0.15, 0.2) is 42.5 Å². The quantitative estimate of drug-likeness (QED) is 0.841. The molecule has 3 nitrogen and oxygen atoms in total. The van der Waals surface area contributed by atoms with Crippen molar-refractivity contribution in [1.82, 2.24) is 4.98 Å². The van der Waals surface area contributed by atoms with E-state index in [1.807, 2.05) is 43.3 Å². The van der Waals surface area contributed by atoms with Gasteiger partial charge in [-0.25, -0.2) is 4.98 Å². The van der Waals surface area contributed by atoms with E-state index in [2.05, 4.69) is 17.2 Å². The van der Waals surface area contributed by atoms with Crippen LogP contribution < -0.4 is 10.1 Å². The molecule has 2 rings (SSSR count). The van der Waals surface area contributed by atoms with Gasteiger partial charge in [0.25, 0.3) is 0 Å². The van der Waals surface area contributed by atoms with Crippen LogP contribution in [0.5, 0.6) is 5.75 Å². The van der Waals surface area contributed by atoms with Crippen molar-refractivity contribution in [3.63, 3.8) is 0 Å². The van der Waals surface area contributed by atoms with Gasteiger partial charge in [-0.05, 0) is 38.1 Å². The summed E-state index contributed by atoms with van der Waals surface area (Å²) in [5.74, 6) is 1.63. The minimum atomic E-state index is 0.146. The van der Waals surface area contributed by atoms with Crippen LogP contribution in [-0.2, 0) is 0 Å². The number of rotatable bonds is 5. The van der Waals surface area contributed by atoms with E-state index in [1.165, 1.54) is 5.56 Å². The lowest BCUT2D eigenvalue weighted by molar-refractivity contribution is 0.303. The first kappa shape index (κ1) is 13.7. The number of aryl methyl sites for hydroxylation is 1. The molecule has 19 heavy (non-hydrogen) atoms. The second kappa shape index (κ2) is 6.43. The molecule has 1 heterocycles. The molecule has 4 heteroatoms. The molecule has 1 aromatic heterocycles. The zero-order valence-electron chi connectivity index (χ0n) is 11.1. The third kappa shape index (κ3) is 4.45. The van der Waals surface area contributed by atoms with Crippen LogP contribution in [0, 0.1) is 6.92 Å². The minimum absolute atomic E-state index is 0.146. The lowest BCUT2D eigenvalue weighted by atomic mass is 10.2. The van der Waals surface area contributed by atoms with Crippen molar-refractivity contribution in [1.29, 1.82) is 0 Å². The Balaban J connectivity index is 1.84. The predicted octanol–water partition coefficient (Wildman–Crippen LogP) is 3.92. The molecule has 1 unspecified atom stereocenters. The maximum Gasteiger partial charge on any atom is 0.131 e. The number of halogens is 1. The van der Waals surface area contributed by atoms with Gasteiger partial charge in [0.2, 0.25) is 0 Å². The topological polar surface area (TPSA) is 34.1 Å². The molecule has 100 valence electrons. The van der Waals surface area contributed by atoms with Gasteiger partial charge in [0.1, 0.15) is 23.3 Å². The summed E-state index contributed by atoms with van der Waals surface area (Å²) in [4.78, 5) is 4.18. The molecular weight excluding hydrogens is 260 g/mol. The molecule has 0 fully saturated rings. The third-order valence-electron chi connectivity index (χ3n) is 2.63. The van der Waals surface area contributed by atoms with Crippen molar-refractivity contribution < 1.29 is 4.74 Å². The van der Waals surface area contributed by atoms with Crippen LogP contribution in [-0.4, -0.2) is 17.6 Å². The lowest BCUT2D eigenvalue weighted by Gasteiger charge is -2.15. The van der Waals surface area contributed by atoms with Crippen molar-refractivity contribution in [2.24, 2.45) is 0 Å². The Morgan fingerprint density at radius 1 is 1.21 bits per heavy atom. The van der Waals surface area contributed by atoms with Crippen LogP contribution in [0.1, 0.15) is 12.5 Å². The Morgan fingerprint density at radius 3 is 2.63 bits per heavy atom. The van der Waals surface area contributed by atoms with Crippen LogP contribution in [0.3, 0.4) is 0 Å². The molecule has 0 spiro atoms. The Kier molecular flexibility index (Phi) is 4.63. The van der Waals surface area contributed by atoms with E-state index in [0.29, 0.717) is 11.8 Å². The standard InChI is InChI=1S/C15H17ClN2O/c1-11-6-8-13(9-7-11)19-10-12(2)17-15-5-3-4-14(16)18-15/h3-9,12H,10H2,1-2H3,(H,17,18). The van der Waals surface area contributed by atoms with Crippen molar-refractivity contribution in [3.05, 3.63) is 53.2 Å². The predicted molar refractivity (Wildman–Crippen MR) is 79.0 cm³/mol. The largest absolute Gasteiger partial charge is 0.491 e. The molecule has 0 saturated heterocycles. The monoisotopic (exact) mass is 276 g/mol. The lowest BCUT2D eigenvalue weighted by Crippen LogP contribution is -2.24. The number of hydrogen-bond acceptors (Lipinski definition) is 3. The molecule has 0 radical (unpaired) electrons. The summed E-state index contributed by atoms with van der Waals surface area (Å²) >= 11 is 5.83. The van der Waals surface area contributed by atoms with Crippen LogP contribution in [0.25, 0.3) is 0 Å². The Labute approximate surface area is 118 Å². The number of aromatic nitrogens is 1. The smallest absolute Gasteiger partial charge is 0.131 e. The van der Waals surface area contributed by atoms with Gasteiger partial charge in [0.15, 0.2) is 0 Å². The molecule has 0 aliphatic heterocycles. The van der Waals surface area contributed by atoms with Crippen LogP contribution in [0.2, 0.25) is 5.15 Å². The summed E-state index contributed by atoms with van der Waals surface area (Å²) in [6, 6.07) is 13.7. The third-order valence-corrected chi connectivity index (χ3v) is 2.84. The molecule has 2 aromatic rings. The molecule has 0 aliphatic carbocycles. The molecular formula is C15H17ClN2O. The Morgan fingerprint density at radius 2 is 1.95 bits per heavy atom. The molecule has 1 atom stereocenters. The van der Waals surface area contributed by atoms with Crippen LogP contribution >= 0.6 is 11.6 Å². The average molecular weight is 277 g/mol. The van der Waals surface area contributed by atoms with Gasteiger partial charge in [-0.3, -0.25) is 0 Å². The molecule has 0 saturated carbocycles. The number of ether oxygens (including phenoxy) is 1. The number of nitrogens with one attached hydrogen (secondary N) is 1. The fourth-order valence-electron chi connectivity index (χ4n) is 1.64. The van der Waals surface area contributed by atoms with Gasteiger partial charge in [-0.2, -0.15) is 0 Å². The van der Waals surface area contributed by atoms with E-state index >= 15 is 0 Å². The van der Waals surface area contributed by atoms with Gasteiger partial charge in [-0.1, -0.05) is 35.4 Å². The van der Waals surface area contributed by atoms with Crippen molar-refractivity contribution in [3.8, 4) is 5.75 Å². The minimum Gasteiger partial charge on any atom is -0.491 e. The normalized spacial score (nSPS) is 11.9. The van der Waals surface area contributed by atoms with Gasteiger partial charge < -0.3 is 10.1 Å². The van der Waals surface area contributed by atoms with Gasteiger partial charge in [-0.15, -0.1) is 0 Å². The van der Waals surface area contributed by atoms with Crippen molar-refractivity contribution in [2.45, 2.75) is 19.9 Å².